The van der Waals surface area contributed by atoms with Crippen LogP contribution in [-0.4, -0.2) is 31.1 Å². The lowest BCUT2D eigenvalue weighted by Crippen LogP contribution is -2.22. The average Bonchev–Trinajstić information content (AvgIpc) is 3.35. The van der Waals surface area contributed by atoms with Crippen LogP contribution in [0.4, 0.5) is 4.79 Å². The smallest absolute Gasteiger partial charge is 0.326 e. The summed E-state index contributed by atoms with van der Waals surface area (Å²) in [6.45, 7) is 0. The molecule has 0 aliphatic carbocycles. The fourth-order valence-electron chi connectivity index (χ4n) is 3.45. The highest BCUT2D eigenvalue weighted by Gasteiger charge is 2.25. The normalized spacial score (nSPS) is 15.6. The third-order valence-electron chi connectivity index (χ3n) is 4.98. The Balaban J connectivity index is 1.65. The highest BCUT2D eigenvalue weighted by Crippen LogP contribution is 2.28. The van der Waals surface area contributed by atoms with Crippen molar-refractivity contribution < 1.29 is 14.1 Å². The van der Waals surface area contributed by atoms with E-state index in [9.17, 15) is 14.1 Å². The molecule has 1 aliphatic heterocycles. The molecule has 5 rings (SSSR count). The molecule has 2 aromatic heterocycles. The van der Waals surface area contributed by atoms with Crippen LogP contribution < -0.4 is 10.6 Å². The van der Waals surface area contributed by atoms with Crippen LogP contribution in [0, 0.1) is 0 Å². The van der Waals surface area contributed by atoms with Crippen molar-refractivity contribution in [3.8, 4) is 11.3 Å². The van der Waals surface area contributed by atoms with Crippen LogP contribution in [0.5, 0.6) is 0 Å². The number of aromatic nitrogens is 3. The van der Waals surface area contributed by atoms with Crippen LogP contribution in [-0.2, 0) is 21.7 Å². The number of carbonyl (C=O) groups excluding carboxylic acids is 2. The molecule has 1 aliphatic rings. The van der Waals surface area contributed by atoms with Gasteiger partial charge in [-0.3, -0.25) is 10.1 Å². The van der Waals surface area contributed by atoms with Gasteiger partial charge >= 0.3 is 6.03 Å². The SMILES string of the molecule is O=C1NC(=O)/C(=C/c2cnn3c([S+]([O-])Cc4ccccc4)cc(-c4cccc(Cl)c4)nc23)N1. The largest absolute Gasteiger partial charge is 0.610 e. The van der Waals surface area contributed by atoms with Crippen molar-refractivity contribution in [3.05, 3.63) is 88.7 Å². The van der Waals surface area contributed by atoms with E-state index in [4.69, 9.17) is 16.6 Å². The molecule has 8 nitrogen and oxygen atoms in total. The molecule has 0 radical (unpaired) electrons. The zero-order valence-electron chi connectivity index (χ0n) is 17.0. The molecule has 3 heterocycles. The van der Waals surface area contributed by atoms with E-state index in [1.165, 1.54) is 16.8 Å². The second kappa shape index (κ2) is 8.70. The van der Waals surface area contributed by atoms with Crippen molar-refractivity contribution in [2.24, 2.45) is 0 Å². The van der Waals surface area contributed by atoms with Crippen molar-refractivity contribution in [2.75, 3.05) is 0 Å². The molecule has 1 saturated heterocycles. The number of halogens is 1. The molecule has 3 amide bonds. The first-order valence-corrected chi connectivity index (χ1v) is 11.6. The lowest BCUT2D eigenvalue weighted by Gasteiger charge is -2.13. The van der Waals surface area contributed by atoms with Crippen LogP contribution in [0.1, 0.15) is 11.1 Å². The summed E-state index contributed by atoms with van der Waals surface area (Å²) >= 11 is 4.73. The molecule has 10 heteroatoms. The van der Waals surface area contributed by atoms with E-state index in [1.807, 2.05) is 42.5 Å². The highest BCUT2D eigenvalue weighted by molar-refractivity contribution is 7.90. The van der Waals surface area contributed by atoms with Gasteiger partial charge in [0.1, 0.15) is 11.4 Å². The molecule has 164 valence electrons. The number of fused-ring (bicyclic) bond motifs is 1. The summed E-state index contributed by atoms with van der Waals surface area (Å²) in [5, 5.41) is 9.97. The summed E-state index contributed by atoms with van der Waals surface area (Å²) in [5.74, 6) is -0.248. The summed E-state index contributed by atoms with van der Waals surface area (Å²) in [4.78, 5) is 28.1. The first-order chi connectivity index (χ1) is 16.0. The number of rotatable bonds is 5. The standard InChI is InChI=1S/C23H16ClN5O3S/c24-17-8-4-7-15(9-17)18-11-20(33(32)13-14-5-2-1-3-6-14)29-21(26-18)16(12-25-29)10-19-22(30)28-23(31)27-19/h1-12H,13H2,(H2,27,28,30,31)/b19-10-. The Morgan fingerprint density at radius 1 is 1.06 bits per heavy atom. The molecule has 2 N–H and O–H groups in total. The summed E-state index contributed by atoms with van der Waals surface area (Å²) in [6.07, 6.45) is 3.00. The van der Waals surface area contributed by atoms with E-state index in [-0.39, 0.29) is 5.70 Å². The first kappa shape index (κ1) is 21.2. The molecule has 1 fully saturated rings. The Morgan fingerprint density at radius 3 is 2.61 bits per heavy atom. The number of hydrogen-bond donors (Lipinski definition) is 2. The number of nitrogens with zero attached hydrogens (tertiary/aromatic N) is 3. The van der Waals surface area contributed by atoms with Crippen LogP contribution >= 0.6 is 11.6 Å². The molecule has 0 bridgehead atoms. The fraction of sp³-hybridized carbons (Fsp3) is 0.0435. The van der Waals surface area contributed by atoms with Gasteiger partial charge in [0.15, 0.2) is 5.65 Å². The van der Waals surface area contributed by atoms with E-state index >= 15 is 0 Å². The van der Waals surface area contributed by atoms with Gasteiger partial charge in [0.25, 0.3) is 5.91 Å². The Hall–Kier alpha value is -3.66. The zero-order valence-corrected chi connectivity index (χ0v) is 18.6. The summed E-state index contributed by atoms with van der Waals surface area (Å²) < 4.78 is 14.9. The number of amides is 3. The number of hydrogen-bond acceptors (Lipinski definition) is 5. The monoisotopic (exact) mass is 477 g/mol. The lowest BCUT2D eigenvalue weighted by molar-refractivity contribution is -0.115. The molecular weight excluding hydrogens is 462 g/mol. The Labute approximate surface area is 196 Å². The number of imide groups is 1. The van der Waals surface area contributed by atoms with Crippen molar-refractivity contribution in [1.82, 2.24) is 25.2 Å². The number of nitrogens with one attached hydrogen (secondary N) is 2. The molecule has 1 unspecified atom stereocenters. The van der Waals surface area contributed by atoms with Crippen molar-refractivity contribution in [3.63, 3.8) is 0 Å². The Morgan fingerprint density at radius 2 is 1.88 bits per heavy atom. The number of carbonyl (C=O) groups is 2. The molecule has 0 spiro atoms. The third-order valence-corrected chi connectivity index (χ3v) is 6.57. The van der Waals surface area contributed by atoms with E-state index in [1.54, 1.807) is 18.2 Å². The molecular formula is C23H16ClN5O3S. The maximum atomic E-state index is 13.4. The minimum Gasteiger partial charge on any atom is -0.610 e. The van der Waals surface area contributed by atoms with Gasteiger partial charge in [-0.15, -0.1) is 0 Å². The maximum Gasteiger partial charge on any atom is 0.326 e. The second-order valence-electron chi connectivity index (χ2n) is 7.27. The topological polar surface area (TPSA) is 111 Å². The fourth-order valence-corrected chi connectivity index (χ4v) is 4.85. The van der Waals surface area contributed by atoms with Crippen LogP contribution in [0.2, 0.25) is 5.02 Å². The molecule has 2 aromatic carbocycles. The summed E-state index contributed by atoms with van der Waals surface area (Å²) in [6, 6.07) is 17.8. The van der Waals surface area contributed by atoms with Gasteiger partial charge in [-0.2, -0.15) is 9.61 Å². The van der Waals surface area contributed by atoms with Gasteiger partial charge in [-0.25, -0.2) is 9.78 Å². The van der Waals surface area contributed by atoms with Gasteiger partial charge in [0.05, 0.1) is 11.9 Å². The second-order valence-corrected chi connectivity index (χ2v) is 9.10. The van der Waals surface area contributed by atoms with E-state index < -0.39 is 23.1 Å². The summed E-state index contributed by atoms with van der Waals surface area (Å²) in [7, 11) is 0. The van der Waals surface area contributed by atoms with Crippen LogP contribution in [0.3, 0.4) is 0 Å². The number of benzene rings is 2. The zero-order chi connectivity index (χ0) is 22.9. The van der Waals surface area contributed by atoms with Gasteiger partial charge in [0, 0.05) is 39.0 Å². The summed E-state index contributed by atoms with van der Waals surface area (Å²) in [5.41, 5.74) is 3.19. The van der Waals surface area contributed by atoms with Crippen LogP contribution in [0.25, 0.3) is 23.0 Å². The van der Waals surface area contributed by atoms with E-state index in [0.29, 0.717) is 32.7 Å². The average molecular weight is 478 g/mol. The van der Waals surface area contributed by atoms with Crippen molar-refractivity contribution >= 4 is 46.4 Å². The van der Waals surface area contributed by atoms with Crippen LogP contribution in [0.15, 0.2) is 77.6 Å². The Kier molecular flexibility index (Phi) is 5.59. The predicted molar refractivity (Wildman–Crippen MR) is 125 cm³/mol. The lowest BCUT2D eigenvalue weighted by atomic mass is 10.1. The van der Waals surface area contributed by atoms with Gasteiger partial charge < -0.3 is 9.87 Å². The molecule has 1 atom stereocenters. The minimum absolute atomic E-state index is 0.0804. The van der Waals surface area contributed by atoms with Gasteiger partial charge in [-0.05, 0) is 18.2 Å². The maximum absolute atomic E-state index is 13.4. The first-order valence-electron chi connectivity index (χ1n) is 9.89. The minimum atomic E-state index is -1.44. The highest BCUT2D eigenvalue weighted by atomic mass is 35.5. The van der Waals surface area contributed by atoms with Crippen molar-refractivity contribution in [2.45, 2.75) is 10.8 Å². The number of urea groups is 1. The molecule has 33 heavy (non-hydrogen) atoms. The van der Waals surface area contributed by atoms with Gasteiger partial charge in [0.2, 0.25) is 5.03 Å². The van der Waals surface area contributed by atoms with E-state index in [0.717, 1.165) is 11.1 Å². The quantitative estimate of drug-likeness (QED) is 0.198. The third kappa shape index (κ3) is 4.34. The van der Waals surface area contributed by atoms with E-state index in [2.05, 4.69) is 15.7 Å². The molecule has 4 aromatic rings. The van der Waals surface area contributed by atoms with Crippen molar-refractivity contribution in [1.29, 1.82) is 0 Å². The Bertz CT molecular complexity index is 1420. The molecule has 0 saturated carbocycles. The van der Waals surface area contributed by atoms with Gasteiger partial charge in [-0.1, -0.05) is 54.1 Å². The predicted octanol–water partition coefficient (Wildman–Crippen LogP) is 3.54.